The van der Waals surface area contributed by atoms with Gasteiger partial charge in [-0.2, -0.15) is 12.7 Å². The van der Waals surface area contributed by atoms with Gasteiger partial charge in [0.2, 0.25) is 0 Å². The van der Waals surface area contributed by atoms with Gasteiger partial charge in [-0.15, -0.1) is 0 Å². The van der Waals surface area contributed by atoms with Crippen molar-refractivity contribution in [3.63, 3.8) is 0 Å². The van der Waals surface area contributed by atoms with Gasteiger partial charge in [-0.25, -0.2) is 18.0 Å². The van der Waals surface area contributed by atoms with Crippen LogP contribution in [0.2, 0.25) is 0 Å². The number of benzene rings is 2. The number of nitrogens with one attached hydrogen (secondary N) is 2. The normalized spacial score (nSPS) is 15.2. The Morgan fingerprint density at radius 2 is 1.62 bits per heavy atom. The Bertz CT molecular complexity index is 1180. The highest BCUT2D eigenvalue weighted by Gasteiger charge is 2.32. The smallest absolute Gasteiger partial charge is 0.410 e. The molecule has 1 fully saturated rings. The van der Waals surface area contributed by atoms with Crippen LogP contribution in [0.1, 0.15) is 20.8 Å². The van der Waals surface area contributed by atoms with Gasteiger partial charge in [-0.1, -0.05) is 0 Å². The highest BCUT2D eigenvalue weighted by Crippen LogP contribution is 2.33. The van der Waals surface area contributed by atoms with Crippen LogP contribution in [0.4, 0.5) is 35.0 Å². The van der Waals surface area contributed by atoms with Crippen LogP contribution in [-0.2, 0) is 14.9 Å². The summed E-state index contributed by atoms with van der Waals surface area (Å²) in [6, 6.07) is 5.88. The summed E-state index contributed by atoms with van der Waals surface area (Å²) >= 11 is 1.89. The lowest BCUT2D eigenvalue weighted by Crippen LogP contribution is -2.52. The molecule has 3 rings (SSSR count). The Balaban J connectivity index is 1.77. The van der Waals surface area contributed by atoms with E-state index in [0.717, 1.165) is 16.4 Å². The number of anilines is 3. The molecule has 13 heteroatoms. The van der Waals surface area contributed by atoms with Crippen molar-refractivity contribution < 1.29 is 31.1 Å². The van der Waals surface area contributed by atoms with Gasteiger partial charge in [-0.3, -0.25) is 4.72 Å². The van der Waals surface area contributed by atoms with E-state index in [-0.39, 0.29) is 37.6 Å². The summed E-state index contributed by atoms with van der Waals surface area (Å²) in [5.74, 6) is -3.32. The number of amides is 1. The summed E-state index contributed by atoms with van der Waals surface area (Å²) < 4.78 is 77.8. The quantitative estimate of drug-likeness (QED) is 0.480. The number of piperazine rings is 1. The largest absolute Gasteiger partial charge is 0.444 e. The third-order valence-corrected chi connectivity index (χ3v) is 6.95. The molecule has 0 bridgehead atoms. The number of nitrogens with zero attached hydrogens (tertiary/aromatic N) is 2. The summed E-state index contributed by atoms with van der Waals surface area (Å²) in [6.45, 7) is 5.29. The fourth-order valence-corrected chi connectivity index (χ4v) is 4.80. The van der Waals surface area contributed by atoms with Gasteiger partial charge in [0.05, 0.1) is 11.4 Å². The summed E-state index contributed by atoms with van der Waals surface area (Å²) in [6.07, 6.45) is -0.552. The second-order valence-corrected chi connectivity index (χ2v) is 11.4. The topological polar surface area (TPSA) is 91.0 Å². The van der Waals surface area contributed by atoms with Crippen molar-refractivity contribution >= 4 is 56.0 Å². The van der Waals surface area contributed by atoms with Gasteiger partial charge in [-0.05, 0) is 73.7 Å². The van der Waals surface area contributed by atoms with Crippen LogP contribution in [0, 0.1) is 21.0 Å². The van der Waals surface area contributed by atoms with Gasteiger partial charge in [0, 0.05) is 29.7 Å². The number of carbonyl (C=O) groups is 1. The van der Waals surface area contributed by atoms with Crippen LogP contribution in [0.25, 0.3) is 0 Å². The molecule has 2 aromatic rings. The third-order valence-electron chi connectivity index (χ3n) is 4.75. The molecule has 0 radical (unpaired) electrons. The molecule has 0 atom stereocenters. The zero-order valence-corrected chi connectivity index (χ0v) is 21.6. The molecule has 0 spiro atoms. The maximum absolute atomic E-state index is 14.6. The molecule has 0 saturated carbocycles. The van der Waals surface area contributed by atoms with Crippen LogP contribution < -0.4 is 10.0 Å². The first kappa shape index (κ1) is 26.3. The average molecular weight is 612 g/mol. The Morgan fingerprint density at radius 3 is 2.21 bits per heavy atom. The van der Waals surface area contributed by atoms with Crippen LogP contribution >= 0.6 is 22.6 Å². The van der Waals surface area contributed by atoms with Gasteiger partial charge < -0.3 is 15.0 Å². The summed E-state index contributed by atoms with van der Waals surface area (Å²) in [4.78, 5) is 13.6. The predicted octanol–water partition coefficient (Wildman–Crippen LogP) is 4.66. The van der Waals surface area contributed by atoms with Crippen molar-refractivity contribution in [3.05, 3.63) is 51.4 Å². The van der Waals surface area contributed by atoms with E-state index in [4.69, 9.17) is 4.74 Å². The van der Waals surface area contributed by atoms with Crippen LogP contribution in [-0.4, -0.2) is 55.5 Å². The fourth-order valence-electron chi connectivity index (χ4n) is 3.12. The lowest BCUT2D eigenvalue weighted by atomic mass is 10.2. The molecule has 8 nitrogen and oxygen atoms in total. The van der Waals surface area contributed by atoms with Crippen LogP contribution in [0.5, 0.6) is 0 Å². The van der Waals surface area contributed by atoms with E-state index in [0.29, 0.717) is 3.57 Å². The van der Waals surface area contributed by atoms with E-state index in [1.54, 1.807) is 26.8 Å². The number of ether oxygens (including phenoxy) is 1. The Hall–Kier alpha value is -2.26. The van der Waals surface area contributed by atoms with Crippen molar-refractivity contribution in [1.29, 1.82) is 0 Å². The van der Waals surface area contributed by atoms with E-state index in [1.807, 2.05) is 22.6 Å². The molecule has 2 N–H and O–H groups in total. The van der Waals surface area contributed by atoms with E-state index in [2.05, 4.69) is 10.0 Å². The molecule has 186 valence electrons. The molecule has 1 aliphatic heterocycles. The molecule has 1 heterocycles. The van der Waals surface area contributed by atoms with E-state index >= 15 is 0 Å². The van der Waals surface area contributed by atoms with Crippen molar-refractivity contribution in [2.45, 2.75) is 26.4 Å². The minimum absolute atomic E-state index is 0.0350. The number of halogens is 4. The summed E-state index contributed by atoms with van der Waals surface area (Å²) in [7, 11) is -4.20. The molecule has 0 aliphatic carbocycles. The summed E-state index contributed by atoms with van der Waals surface area (Å²) in [5.41, 5.74) is -1.70. The lowest BCUT2D eigenvalue weighted by molar-refractivity contribution is 0.0193. The lowest BCUT2D eigenvalue weighted by Gasteiger charge is -2.35. The summed E-state index contributed by atoms with van der Waals surface area (Å²) in [5, 5.41) is 2.44. The minimum atomic E-state index is -4.20. The molecule has 1 amide bonds. The Morgan fingerprint density at radius 1 is 1.00 bits per heavy atom. The molecule has 0 unspecified atom stereocenters. The van der Waals surface area contributed by atoms with Crippen LogP contribution in [0.3, 0.4) is 0 Å². The molecule has 34 heavy (non-hydrogen) atoms. The molecule has 1 aliphatic rings. The van der Waals surface area contributed by atoms with Crippen molar-refractivity contribution in [2.75, 3.05) is 36.2 Å². The molecule has 0 aromatic heterocycles. The maximum atomic E-state index is 14.6. The zero-order chi connectivity index (χ0) is 25.3. The Kier molecular flexibility index (Phi) is 7.87. The number of hydrogen-bond acceptors (Lipinski definition) is 5. The monoisotopic (exact) mass is 612 g/mol. The van der Waals surface area contributed by atoms with Gasteiger partial charge in [0.15, 0.2) is 11.6 Å². The first-order chi connectivity index (χ1) is 15.8. The highest BCUT2D eigenvalue weighted by molar-refractivity contribution is 14.1. The number of rotatable bonds is 5. The number of hydrogen-bond donors (Lipinski definition) is 2. The van der Waals surface area contributed by atoms with Crippen LogP contribution in [0.15, 0.2) is 30.3 Å². The molecular weight excluding hydrogens is 588 g/mol. The van der Waals surface area contributed by atoms with Crippen molar-refractivity contribution in [3.8, 4) is 0 Å². The van der Waals surface area contributed by atoms with Crippen molar-refractivity contribution in [2.24, 2.45) is 0 Å². The second kappa shape index (κ2) is 10.2. The van der Waals surface area contributed by atoms with E-state index in [1.165, 1.54) is 17.0 Å². The van der Waals surface area contributed by atoms with E-state index < -0.39 is 45.0 Å². The first-order valence-corrected chi connectivity index (χ1v) is 12.7. The number of carbonyl (C=O) groups excluding carboxylic acids is 1. The van der Waals surface area contributed by atoms with E-state index in [9.17, 15) is 26.4 Å². The molecule has 1 saturated heterocycles. The first-order valence-electron chi connectivity index (χ1n) is 10.2. The van der Waals surface area contributed by atoms with Gasteiger partial charge in [0.25, 0.3) is 0 Å². The molecule has 2 aromatic carbocycles. The maximum Gasteiger partial charge on any atom is 0.410 e. The zero-order valence-electron chi connectivity index (χ0n) is 18.7. The average Bonchev–Trinajstić information content (AvgIpc) is 2.73. The molecular formula is C21H24F3IN4O4S. The minimum Gasteiger partial charge on any atom is -0.444 e. The third kappa shape index (κ3) is 6.44. The van der Waals surface area contributed by atoms with Crippen molar-refractivity contribution in [1.82, 2.24) is 9.21 Å². The Labute approximate surface area is 209 Å². The highest BCUT2D eigenvalue weighted by atomic mass is 127. The standard InChI is InChI=1S/C21H24F3IN4O4S/c1-21(2,3)33-20(30)28-8-10-29(11-9-28)34(31,32)27-17-7-5-14(22)18(24)19(17)26-16-6-4-13(25)12-15(16)23/h4-7,12,26-27H,8-11H2,1-3H3. The van der Waals surface area contributed by atoms with Gasteiger partial charge in [0.1, 0.15) is 17.1 Å². The second-order valence-electron chi connectivity index (χ2n) is 8.51. The SMILES string of the molecule is CC(C)(C)OC(=O)N1CCN(S(=O)(=O)Nc2ccc(F)c(F)c2Nc2ccc(I)cc2F)CC1. The van der Waals surface area contributed by atoms with Gasteiger partial charge >= 0.3 is 16.3 Å². The fraction of sp³-hybridized carbons (Fsp3) is 0.381. The predicted molar refractivity (Wildman–Crippen MR) is 131 cm³/mol.